The molecule has 2 heterocycles. The first-order valence-corrected chi connectivity index (χ1v) is 5.08. The molecule has 1 fully saturated rings. The molecular weight excluding hydrogens is 190 g/mol. The second kappa shape index (κ2) is 3.15. The van der Waals surface area contributed by atoms with Gasteiger partial charge in [-0.2, -0.15) is 4.98 Å². The maximum Gasteiger partial charge on any atom is 0.230 e. The molecular formula is C11H11N3O. The fourth-order valence-electron chi connectivity index (χ4n) is 1.66. The smallest absolute Gasteiger partial charge is 0.230 e. The molecule has 2 aromatic heterocycles. The van der Waals surface area contributed by atoms with Gasteiger partial charge in [-0.1, -0.05) is 12.1 Å². The minimum Gasteiger partial charge on any atom is -0.339 e. The Morgan fingerprint density at radius 1 is 1.47 bits per heavy atom. The van der Waals surface area contributed by atoms with Crippen molar-refractivity contribution in [3.63, 3.8) is 0 Å². The van der Waals surface area contributed by atoms with Crippen molar-refractivity contribution in [1.29, 1.82) is 0 Å². The summed E-state index contributed by atoms with van der Waals surface area (Å²) in [6.45, 7) is 2.19. The minimum atomic E-state index is 0.475. The molecule has 2 aromatic rings. The van der Waals surface area contributed by atoms with E-state index in [1.165, 1.54) is 0 Å². The van der Waals surface area contributed by atoms with E-state index < -0.39 is 0 Å². The molecule has 0 N–H and O–H groups in total. The van der Waals surface area contributed by atoms with Gasteiger partial charge in [0.05, 0.1) is 0 Å². The van der Waals surface area contributed by atoms with Gasteiger partial charge < -0.3 is 4.52 Å². The van der Waals surface area contributed by atoms with E-state index in [1.807, 2.05) is 12.1 Å². The fourth-order valence-corrected chi connectivity index (χ4v) is 1.66. The summed E-state index contributed by atoms with van der Waals surface area (Å²) in [6, 6.07) is 3.79. The normalized spacial score (nSPS) is 24.1. The van der Waals surface area contributed by atoms with Crippen LogP contribution in [-0.4, -0.2) is 15.1 Å². The number of hydrogen-bond acceptors (Lipinski definition) is 4. The maximum absolute atomic E-state index is 5.22. The highest BCUT2D eigenvalue weighted by Crippen LogP contribution is 2.46. The molecule has 0 aromatic carbocycles. The summed E-state index contributed by atoms with van der Waals surface area (Å²) in [5, 5.41) is 3.96. The van der Waals surface area contributed by atoms with Crippen LogP contribution in [0.1, 0.15) is 25.2 Å². The molecule has 0 unspecified atom stereocenters. The van der Waals surface area contributed by atoms with Crippen molar-refractivity contribution in [2.24, 2.45) is 5.92 Å². The van der Waals surface area contributed by atoms with E-state index in [-0.39, 0.29) is 0 Å². The van der Waals surface area contributed by atoms with Crippen LogP contribution in [-0.2, 0) is 0 Å². The van der Waals surface area contributed by atoms with Crippen LogP contribution in [0.5, 0.6) is 0 Å². The van der Waals surface area contributed by atoms with Crippen LogP contribution in [0, 0.1) is 5.92 Å². The predicted molar refractivity (Wildman–Crippen MR) is 54.1 cm³/mol. The van der Waals surface area contributed by atoms with Crippen molar-refractivity contribution in [1.82, 2.24) is 15.1 Å². The Morgan fingerprint density at radius 2 is 2.33 bits per heavy atom. The van der Waals surface area contributed by atoms with Crippen LogP contribution in [0.2, 0.25) is 0 Å². The highest BCUT2D eigenvalue weighted by molar-refractivity contribution is 5.52. The first kappa shape index (κ1) is 8.59. The molecule has 1 saturated carbocycles. The van der Waals surface area contributed by atoms with E-state index in [9.17, 15) is 0 Å². The van der Waals surface area contributed by atoms with Gasteiger partial charge in [-0.15, -0.1) is 0 Å². The van der Waals surface area contributed by atoms with E-state index in [0.29, 0.717) is 17.7 Å². The first-order valence-electron chi connectivity index (χ1n) is 5.08. The van der Waals surface area contributed by atoms with Crippen LogP contribution >= 0.6 is 0 Å². The standard InChI is InChI=1S/C11H11N3O/c1-7-5-9(7)11-13-10(14-15-11)8-3-2-4-12-6-8/h2-4,6-7,9H,5H2,1H3/t7-,9-/m1/s1. The zero-order valence-electron chi connectivity index (χ0n) is 8.42. The van der Waals surface area contributed by atoms with E-state index in [4.69, 9.17) is 4.52 Å². The summed E-state index contributed by atoms with van der Waals surface area (Å²) >= 11 is 0. The SMILES string of the molecule is C[C@@H]1C[C@H]1c1nc(-c2cccnc2)no1. The first-order chi connectivity index (χ1) is 7.34. The number of aromatic nitrogens is 3. The lowest BCUT2D eigenvalue weighted by Crippen LogP contribution is -1.83. The van der Waals surface area contributed by atoms with Crippen molar-refractivity contribution in [3.8, 4) is 11.4 Å². The average Bonchev–Trinajstić information content (AvgIpc) is 2.83. The molecule has 0 bridgehead atoms. The van der Waals surface area contributed by atoms with Crippen LogP contribution in [0.4, 0.5) is 0 Å². The van der Waals surface area contributed by atoms with Crippen molar-refractivity contribution >= 4 is 0 Å². The molecule has 1 aliphatic carbocycles. The number of rotatable bonds is 2. The third kappa shape index (κ3) is 1.52. The second-order valence-electron chi connectivity index (χ2n) is 4.02. The highest BCUT2D eigenvalue weighted by atomic mass is 16.5. The topological polar surface area (TPSA) is 51.8 Å². The molecule has 15 heavy (non-hydrogen) atoms. The summed E-state index contributed by atoms with van der Waals surface area (Å²) in [5.41, 5.74) is 0.904. The summed E-state index contributed by atoms with van der Waals surface area (Å²) in [5.74, 6) is 2.56. The zero-order valence-corrected chi connectivity index (χ0v) is 8.42. The quantitative estimate of drug-likeness (QED) is 0.747. The molecule has 4 heteroatoms. The van der Waals surface area contributed by atoms with Gasteiger partial charge in [-0.25, -0.2) is 0 Å². The summed E-state index contributed by atoms with van der Waals surface area (Å²) < 4.78 is 5.22. The Kier molecular flexibility index (Phi) is 1.80. The lowest BCUT2D eigenvalue weighted by molar-refractivity contribution is 0.377. The molecule has 0 saturated heterocycles. The third-order valence-corrected chi connectivity index (χ3v) is 2.79. The van der Waals surface area contributed by atoms with Gasteiger partial charge in [-0.3, -0.25) is 4.98 Å². The fraction of sp³-hybridized carbons (Fsp3) is 0.364. The van der Waals surface area contributed by atoms with Crippen molar-refractivity contribution in [3.05, 3.63) is 30.4 Å². The van der Waals surface area contributed by atoms with Crippen molar-refractivity contribution < 1.29 is 4.52 Å². The molecule has 2 atom stereocenters. The van der Waals surface area contributed by atoms with Gasteiger partial charge >= 0.3 is 0 Å². The third-order valence-electron chi connectivity index (χ3n) is 2.79. The van der Waals surface area contributed by atoms with Gasteiger partial charge in [0.15, 0.2) is 0 Å². The predicted octanol–water partition coefficient (Wildman–Crippen LogP) is 2.25. The van der Waals surface area contributed by atoms with Gasteiger partial charge in [0.1, 0.15) is 0 Å². The van der Waals surface area contributed by atoms with E-state index in [1.54, 1.807) is 12.4 Å². The summed E-state index contributed by atoms with van der Waals surface area (Å²) in [6.07, 6.45) is 4.63. The molecule has 1 aliphatic rings. The largest absolute Gasteiger partial charge is 0.339 e. The second-order valence-corrected chi connectivity index (χ2v) is 4.02. The molecule has 4 nitrogen and oxygen atoms in total. The van der Waals surface area contributed by atoms with Crippen LogP contribution in [0.15, 0.2) is 29.0 Å². The van der Waals surface area contributed by atoms with Crippen LogP contribution < -0.4 is 0 Å². The number of pyridine rings is 1. The van der Waals surface area contributed by atoms with Gasteiger partial charge in [0.25, 0.3) is 0 Å². The minimum absolute atomic E-state index is 0.475. The van der Waals surface area contributed by atoms with Crippen LogP contribution in [0.3, 0.4) is 0 Å². The van der Waals surface area contributed by atoms with E-state index in [0.717, 1.165) is 17.9 Å². The molecule has 0 radical (unpaired) electrons. The Hall–Kier alpha value is -1.71. The molecule has 0 amide bonds. The lowest BCUT2D eigenvalue weighted by Gasteiger charge is -1.89. The Labute approximate surface area is 87.3 Å². The summed E-state index contributed by atoms with van der Waals surface area (Å²) in [7, 11) is 0. The monoisotopic (exact) mass is 201 g/mol. The van der Waals surface area contributed by atoms with E-state index in [2.05, 4.69) is 22.0 Å². The van der Waals surface area contributed by atoms with Crippen molar-refractivity contribution in [2.45, 2.75) is 19.3 Å². The number of hydrogen-bond donors (Lipinski definition) is 0. The highest BCUT2D eigenvalue weighted by Gasteiger charge is 2.38. The zero-order chi connectivity index (χ0) is 10.3. The Bertz CT molecular complexity index is 466. The average molecular weight is 201 g/mol. The summed E-state index contributed by atoms with van der Waals surface area (Å²) in [4.78, 5) is 8.40. The molecule has 0 aliphatic heterocycles. The lowest BCUT2D eigenvalue weighted by atomic mass is 10.3. The van der Waals surface area contributed by atoms with Crippen molar-refractivity contribution in [2.75, 3.05) is 0 Å². The van der Waals surface area contributed by atoms with Gasteiger partial charge in [0, 0.05) is 23.9 Å². The van der Waals surface area contributed by atoms with E-state index >= 15 is 0 Å². The maximum atomic E-state index is 5.22. The van der Waals surface area contributed by atoms with Crippen LogP contribution in [0.25, 0.3) is 11.4 Å². The molecule has 76 valence electrons. The Morgan fingerprint density at radius 3 is 3.00 bits per heavy atom. The Balaban J connectivity index is 1.91. The van der Waals surface area contributed by atoms with Gasteiger partial charge in [-0.05, 0) is 24.5 Å². The molecule has 0 spiro atoms. The van der Waals surface area contributed by atoms with Gasteiger partial charge in [0.2, 0.25) is 11.7 Å². The number of nitrogens with zero attached hydrogens (tertiary/aromatic N) is 3. The molecule has 3 rings (SSSR count).